The first-order valence-electron chi connectivity index (χ1n) is 5.88. The van der Waals surface area contributed by atoms with E-state index < -0.39 is 0 Å². The summed E-state index contributed by atoms with van der Waals surface area (Å²) < 4.78 is 9.97. The van der Waals surface area contributed by atoms with Crippen LogP contribution in [0.3, 0.4) is 0 Å². The molecule has 2 aromatic heterocycles. The average molecular weight is 284 g/mol. The van der Waals surface area contributed by atoms with Crippen LogP contribution >= 0.6 is 11.6 Å². The van der Waals surface area contributed by atoms with Crippen molar-refractivity contribution in [1.82, 2.24) is 9.97 Å². The molecule has 7 heteroatoms. The molecular formula is C12H14ClN3O3. The minimum Gasteiger partial charge on any atom is -0.469 e. The Kier molecular flexibility index (Phi) is 4.21. The van der Waals surface area contributed by atoms with Crippen LogP contribution in [0.5, 0.6) is 0 Å². The number of esters is 1. The van der Waals surface area contributed by atoms with Gasteiger partial charge in [0.15, 0.2) is 11.4 Å². The molecule has 2 heterocycles. The summed E-state index contributed by atoms with van der Waals surface area (Å²) in [6.45, 7) is 1.96. The predicted octanol–water partition coefficient (Wildman–Crippen LogP) is 2.63. The molecule has 0 amide bonds. The van der Waals surface area contributed by atoms with Crippen LogP contribution in [0, 0.1) is 0 Å². The molecule has 102 valence electrons. The zero-order chi connectivity index (χ0) is 13.8. The molecule has 0 aliphatic rings. The quantitative estimate of drug-likeness (QED) is 0.671. The SMILES string of the molecule is CC[C@@H](CC(=O)OC)Nc1nc(Cl)nc2ccoc12. The number of carbonyl (C=O) groups excluding carboxylic acids is 1. The molecule has 1 N–H and O–H groups in total. The lowest BCUT2D eigenvalue weighted by Crippen LogP contribution is -2.23. The molecule has 0 spiro atoms. The van der Waals surface area contributed by atoms with Crippen LogP contribution in [0.1, 0.15) is 19.8 Å². The number of hydrogen-bond acceptors (Lipinski definition) is 6. The smallest absolute Gasteiger partial charge is 0.307 e. The van der Waals surface area contributed by atoms with E-state index in [1.807, 2.05) is 6.92 Å². The summed E-state index contributed by atoms with van der Waals surface area (Å²) in [5.74, 6) is 0.200. The zero-order valence-electron chi connectivity index (χ0n) is 10.6. The predicted molar refractivity (Wildman–Crippen MR) is 71.1 cm³/mol. The van der Waals surface area contributed by atoms with Crippen molar-refractivity contribution >= 4 is 34.5 Å². The second kappa shape index (κ2) is 5.88. The number of anilines is 1. The molecule has 2 aromatic rings. The maximum atomic E-state index is 11.3. The summed E-state index contributed by atoms with van der Waals surface area (Å²) in [6, 6.07) is 1.60. The summed E-state index contributed by atoms with van der Waals surface area (Å²) in [7, 11) is 1.36. The summed E-state index contributed by atoms with van der Waals surface area (Å²) in [6.07, 6.45) is 2.50. The minimum absolute atomic E-state index is 0.105. The van der Waals surface area contributed by atoms with Gasteiger partial charge in [0.2, 0.25) is 5.28 Å². The number of rotatable bonds is 5. The monoisotopic (exact) mass is 283 g/mol. The Bertz CT molecular complexity index is 585. The molecule has 2 rings (SSSR count). The maximum absolute atomic E-state index is 11.3. The Hall–Kier alpha value is -1.82. The summed E-state index contributed by atoms with van der Waals surface area (Å²) in [5.41, 5.74) is 1.14. The largest absolute Gasteiger partial charge is 0.469 e. The van der Waals surface area contributed by atoms with E-state index in [4.69, 9.17) is 16.0 Å². The van der Waals surface area contributed by atoms with Crippen molar-refractivity contribution in [3.63, 3.8) is 0 Å². The van der Waals surface area contributed by atoms with Crippen molar-refractivity contribution < 1.29 is 13.9 Å². The highest BCUT2D eigenvalue weighted by Crippen LogP contribution is 2.24. The number of halogens is 1. The van der Waals surface area contributed by atoms with E-state index in [1.54, 1.807) is 6.07 Å². The van der Waals surface area contributed by atoms with E-state index in [0.717, 1.165) is 6.42 Å². The lowest BCUT2D eigenvalue weighted by Gasteiger charge is -2.16. The van der Waals surface area contributed by atoms with Crippen molar-refractivity contribution in [2.24, 2.45) is 0 Å². The molecular weight excluding hydrogens is 270 g/mol. The molecule has 0 aliphatic carbocycles. The number of hydrogen-bond donors (Lipinski definition) is 1. The first kappa shape index (κ1) is 13.6. The molecule has 0 saturated heterocycles. The Morgan fingerprint density at radius 1 is 1.58 bits per heavy atom. The van der Waals surface area contributed by atoms with E-state index in [1.165, 1.54) is 13.4 Å². The number of fused-ring (bicyclic) bond motifs is 1. The second-order valence-corrected chi connectivity index (χ2v) is 4.34. The topological polar surface area (TPSA) is 77.2 Å². The van der Waals surface area contributed by atoms with Crippen molar-refractivity contribution in [1.29, 1.82) is 0 Å². The van der Waals surface area contributed by atoms with Crippen molar-refractivity contribution in [3.8, 4) is 0 Å². The third-order valence-electron chi connectivity index (χ3n) is 2.75. The molecule has 19 heavy (non-hydrogen) atoms. The average Bonchev–Trinajstić information content (AvgIpc) is 2.85. The third kappa shape index (κ3) is 3.14. The van der Waals surface area contributed by atoms with Crippen LogP contribution in [0.4, 0.5) is 5.82 Å². The first-order chi connectivity index (χ1) is 9.13. The molecule has 0 aromatic carbocycles. The summed E-state index contributed by atoms with van der Waals surface area (Å²) in [5, 5.41) is 3.26. The number of furan rings is 1. The Balaban J connectivity index is 2.23. The van der Waals surface area contributed by atoms with Gasteiger partial charge in [-0.25, -0.2) is 4.98 Å². The van der Waals surface area contributed by atoms with Crippen LogP contribution in [-0.2, 0) is 9.53 Å². The number of carbonyl (C=O) groups is 1. The molecule has 0 bridgehead atoms. The van der Waals surface area contributed by atoms with Gasteiger partial charge in [0.25, 0.3) is 0 Å². The normalized spacial score (nSPS) is 12.4. The Labute approximate surface area is 115 Å². The zero-order valence-corrected chi connectivity index (χ0v) is 11.4. The fourth-order valence-corrected chi connectivity index (χ4v) is 1.88. The lowest BCUT2D eigenvalue weighted by atomic mass is 10.1. The maximum Gasteiger partial charge on any atom is 0.307 e. The van der Waals surface area contributed by atoms with Gasteiger partial charge < -0.3 is 14.5 Å². The molecule has 0 saturated carbocycles. The Morgan fingerprint density at radius 3 is 3.05 bits per heavy atom. The molecule has 0 fully saturated rings. The van der Waals surface area contributed by atoms with E-state index in [2.05, 4.69) is 20.0 Å². The minimum atomic E-state index is -0.282. The van der Waals surface area contributed by atoms with Gasteiger partial charge in [0, 0.05) is 12.1 Å². The van der Waals surface area contributed by atoms with Gasteiger partial charge in [-0.1, -0.05) is 6.92 Å². The van der Waals surface area contributed by atoms with Crippen molar-refractivity contribution in [3.05, 3.63) is 17.6 Å². The van der Waals surface area contributed by atoms with Crippen LogP contribution < -0.4 is 5.32 Å². The van der Waals surface area contributed by atoms with Gasteiger partial charge in [-0.15, -0.1) is 0 Å². The fraction of sp³-hybridized carbons (Fsp3) is 0.417. The summed E-state index contributed by atoms with van der Waals surface area (Å²) in [4.78, 5) is 19.4. The van der Waals surface area contributed by atoms with Gasteiger partial charge in [0.05, 0.1) is 19.8 Å². The van der Waals surface area contributed by atoms with Gasteiger partial charge in [-0.05, 0) is 18.0 Å². The Morgan fingerprint density at radius 2 is 2.37 bits per heavy atom. The number of methoxy groups -OCH3 is 1. The number of nitrogens with one attached hydrogen (secondary N) is 1. The highest BCUT2D eigenvalue weighted by molar-refractivity contribution is 6.28. The molecule has 0 unspecified atom stereocenters. The fourth-order valence-electron chi connectivity index (χ4n) is 1.71. The molecule has 1 atom stereocenters. The lowest BCUT2D eigenvalue weighted by molar-refractivity contribution is -0.140. The highest BCUT2D eigenvalue weighted by atomic mass is 35.5. The number of ether oxygens (including phenoxy) is 1. The van der Waals surface area contributed by atoms with Gasteiger partial charge >= 0.3 is 5.97 Å². The number of aromatic nitrogens is 2. The standard InChI is InChI=1S/C12H14ClN3O3/c1-3-7(6-9(17)18-2)14-11-10-8(4-5-19-10)15-12(13)16-11/h4-5,7H,3,6H2,1-2H3,(H,14,15,16)/t7-/m0/s1. The molecule has 0 aliphatic heterocycles. The van der Waals surface area contributed by atoms with E-state index in [0.29, 0.717) is 16.9 Å². The van der Waals surface area contributed by atoms with Crippen LogP contribution in [0.25, 0.3) is 11.1 Å². The molecule has 0 radical (unpaired) electrons. The van der Waals surface area contributed by atoms with E-state index >= 15 is 0 Å². The number of nitrogens with zero attached hydrogens (tertiary/aromatic N) is 2. The molecule has 6 nitrogen and oxygen atoms in total. The van der Waals surface area contributed by atoms with E-state index in [-0.39, 0.29) is 23.7 Å². The van der Waals surface area contributed by atoms with Crippen molar-refractivity contribution in [2.75, 3.05) is 12.4 Å². The second-order valence-electron chi connectivity index (χ2n) is 4.01. The van der Waals surface area contributed by atoms with Crippen LogP contribution in [0.15, 0.2) is 16.7 Å². The third-order valence-corrected chi connectivity index (χ3v) is 2.92. The van der Waals surface area contributed by atoms with Gasteiger partial charge in [-0.2, -0.15) is 4.98 Å². The van der Waals surface area contributed by atoms with Crippen molar-refractivity contribution in [2.45, 2.75) is 25.8 Å². The van der Waals surface area contributed by atoms with Crippen LogP contribution in [0.2, 0.25) is 5.28 Å². The summed E-state index contributed by atoms with van der Waals surface area (Å²) >= 11 is 5.84. The van der Waals surface area contributed by atoms with Crippen LogP contribution in [-0.4, -0.2) is 29.1 Å². The van der Waals surface area contributed by atoms with E-state index in [9.17, 15) is 4.79 Å². The van der Waals surface area contributed by atoms with Gasteiger partial charge in [-0.3, -0.25) is 4.79 Å². The first-order valence-corrected chi connectivity index (χ1v) is 6.26. The highest BCUT2D eigenvalue weighted by Gasteiger charge is 2.16. The van der Waals surface area contributed by atoms with Gasteiger partial charge in [0.1, 0.15) is 5.52 Å².